The molecule has 0 saturated heterocycles. The summed E-state index contributed by atoms with van der Waals surface area (Å²) in [7, 11) is -3.21. The second-order valence-corrected chi connectivity index (χ2v) is 20.9. The molecule has 0 bridgehead atoms. The van der Waals surface area contributed by atoms with Crippen LogP contribution in [0.15, 0.2) is 24.9 Å². The predicted molar refractivity (Wildman–Crippen MR) is 78.6 cm³/mol. The number of hydrogen-bond donors (Lipinski definition) is 0. The lowest BCUT2D eigenvalue weighted by molar-refractivity contribution is 0.728. The van der Waals surface area contributed by atoms with Gasteiger partial charge in [-0.05, 0) is 11.1 Å². The van der Waals surface area contributed by atoms with E-state index in [2.05, 4.69) is 58.8 Å². The van der Waals surface area contributed by atoms with E-state index in [0.29, 0.717) is 11.1 Å². The summed E-state index contributed by atoms with van der Waals surface area (Å²) in [6.07, 6.45) is 2.05. The van der Waals surface area contributed by atoms with E-state index in [1.54, 1.807) is 0 Å². The molecular weight excluding hydrogens is 226 g/mol. The molecule has 16 heavy (non-hydrogen) atoms. The molecule has 1 nitrogen and oxygen atoms in total. The van der Waals surface area contributed by atoms with Crippen LogP contribution in [0, 0.1) is 11.3 Å². The number of allylic oxidation sites excluding steroid dienone is 1. The van der Waals surface area contributed by atoms with Crippen molar-refractivity contribution in [3.63, 3.8) is 0 Å². The Bertz CT molecular complexity index is 311. The van der Waals surface area contributed by atoms with Crippen LogP contribution < -0.4 is 0 Å². The molecule has 2 unspecified atom stereocenters. The number of nitrogens with zero attached hydrogens (tertiary/aromatic N) is 1. The first kappa shape index (κ1) is 15.4. The van der Waals surface area contributed by atoms with E-state index in [1.165, 1.54) is 0 Å². The fraction of sp³-hybridized carbons (Fsp3) is 0.615. The topological polar surface area (TPSA) is 23.8 Å². The van der Waals surface area contributed by atoms with Gasteiger partial charge in [0.25, 0.3) is 0 Å². The molecular formula is C13H25NSi2. The quantitative estimate of drug-likeness (QED) is 0.523. The van der Waals surface area contributed by atoms with Crippen molar-refractivity contribution in [2.24, 2.45) is 0 Å². The second kappa shape index (κ2) is 5.16. The molecule has 0 aromatic rings. The van der Waals surface area contributed by atoms with Gasteiger partial charge in [0, 0.05) is 6.04 Å². The van der Waals surface area contributed by atoms with Gasteiger partial charge in [-0.3, -0.25) is 0 Å². The van der Waals surface area contributed by atoms with Crippen molar-refractivity contribution in [3.8, 4) is 6.07 Å². The van der Waals surface area contributed by atoms with Crippen LogP contribution in [0.4, 0.5) is 0 Å². The molecule has 0 aliphatic rings. The van der Waals surface area contributed by atoms with Crippen molar-refractivity contribution in [2.75, 3.05) is 0 Å². The fourth-order valence-electron chi connectivity index (χ4n) is 2.34. The normalized spacial score (nSPS) is 19.0. The maximum Gasteiger partial charge on any atom is 0.0829 e. The largest absolute Gasteiger partial charge is 0.199 e. The van der Waals surface area contributed by atoms with Crippen LogP contribution in [0.1, 0.15) is 20.8 Å². The molecule has 0 aromatic heterocycles. The van der Waals surface area contributed by atoms with Gasteiger partial charge in [0.05, 0.1) is 21.3 Å². The summed E-state index contributed by atoms with van der Waals surface area (Å²) in [5.74, 6) is 0. The molecule has 0 amide bonds. The molecule has 0 N–H and O–H groups in total. The highest BCUT2D eigenvalue weighted by atomic mass is 29.3. The summed E-state index contributed by atoms with van der Waals surface area (Å²) in [6.45, 7) is 19.6. The molecule has 3 heteroatoms. The van der Waals surface area contributed by atoms with Crippen LogP contribution >= 0.6 is 0 Å². The SMILES string of the molecule is C=CC[Si](C)(C(C)(C)C)[Si](C)(C=C)CC#N. The van der Waals surface area contributed by atoms with Gasteiger partial charge >= 0.3 is 0 Å². The number of hydrogen-bond acceptors (Lipinski definition) is 1. The van der Waals surface area contributed by atoms with Crippen LogP contribution in [0.5, 0.6) is 0 Å². The Morgan fingerprint density at radius 3 is 2.00 bits per heavy atom. The van der Waals surface area contributed by atoms with E-state index in [4.69, 9.17) is 5.26 Å². The van der Waals surface area contributed by atoms with Gasteiger partial charge in [0.2, 0.25) is 0 Å². The standard InChI is InChI=1S/C13H25NSi2/c1-8-11-16(7,13(3,4)5)15(6,9-2)12-10-14/h8-9H,1-2,11-12H2,3-7H3. The van der Waals surface area contributed by atoms with Crippen molar-refractivity contribution < 1.29 is 0 Å². The molecule has 2 atom stereocenters. The van der Waals surface area contributed by atoms with Gasteiger partial charge in [-0.2, -0.15) is 5.26 Å². The van der Waals surface area contributed by atoms with Gasteiger partial charge in [-0.15, -0.1) is 18.9 Å². The van der Waals surface area contributed by atoms with E-state index < -0.39 is 15.2 Å². The third-order valence-corrected chi connectivity index (χ3v) is 24.7. The molecule has 0 aliphatic carbocycles. The Labute approximate surface area is 103 Å². The van der Waals surface area contributed by atoms with Gasteiger partial charge in [0.15, 0.2) is 0 Å². The Balaban J connectivity index is 5.58. The smallest absolute Gasteiger partial charge is 0.0829 e. The van der Waals surface area contributed by atoms with E-state index in [-0.39, 0.29) is 0 Å². The van der Waals surface area contributed by atoms with Gasteiger partial charge in [-0.25, -0.2) is 0 Å². The molecule has 0 aliphatic heterocycles. The Kier molecular flexibility index (Phi) is 4.96. The van der Waals surface area contributed by atoms with Crippen molar-refractivity contribution in [3.05, 3.63) is 24.9 Å². The minimum Gasteiger partial charge on any atom is -0.199 e. The highest BCUT2D eigenvalue weighted by Gasteiger charge is 2.52. The summed E-state index contributed by atoms with van der Waals surface area (Å²) in [6, 6.07) is 4.18. The lowest BCUT2D eigenvalue weighted by atomic mass is 10.2. The van der Waals surface area contributed by atoms with Gasteiger partial charge < -0.3 is 0 Å². The zero-order valence-electron chi connectivity index (χ0n) is 11.4. The Morgan fingerprint density at radius 2 is 1.75 bits per heavy atom. The molecule has 0 saturated carbocycles. The van der Waals surface area contributed by atoms with Crippen LogP contribution in [-0.2, 0) is 0 Å². The molecule has 90 valence electrons. The van der Waals surface area contributed by atoms with Gasteiger partial charge in [-0.1, -0.05) is 39.9 Å². The highest BCUT2D eigenvalue weighted by Crippen LogP contribution is 2.46. The third kappa shape index (κ3) is 2.56. The van der Waals surface area contributed by atoms with E-state index >= 15 is 0 Å². The number of rotatable bonds is 5. The third-order valence-electron chi connectivity index (χ3n) is 4.37. The first-order valence-electron chi connectivity index (χ1n) is 5.80. The second-order valence-electron chi connectivity index (χ2n) is 6.03. The summed E-state index contributed by atoms with van der Waals surface area (Å²) in [5.41, 5.74) is 2.14. The summed E-state index contributed by atoms with van der Waals surface area (Å²) < 4.78 is 0. The molecule has 0 heterocycles. The molecule has 0 radical (unpaired) electrons. The van der Waals surface area contributed by atoms with Crippen molar-refractivity contribution in [2.45, 2.75) is 51.0 Å². The number of nitriles is 1. The lowest BCUT2D eigenvalue weighted by Gasteiger charge is -2.49. The van der Waals surface area contributed by atoms with Crippen LogP contribution in [0.25, 0.3) is 0 Å². The van der Waals surface area contributed by atoms with E-state index in [0.717, 1.165) is 6.04 Å². The van der Waals surface area contributed by atoms with Crippen molar-refractivity contribution >= 4 is 15.2 Å². The Morgan fingerprint density at radius 1 is 1.25 bits per heavy atom. The molecule has 0 fully saturated rings. The summed E-state index contributed by atoms with van der Waals surface area (Å²) >= 11 is 0. The summed E-state index contributed by atoms with van der Waals surface area (Å²) in [4.78, 5) is 0. The maximum absolute atomic E-state index is 9.06. The lowest BCUT2D eigenvalue weighted by Crippen LogP contribution is -2.62. The van der Waals surface area contributed by atoms with E-state index in [1.807, 2.05) is 6.08 Å². The monoisotopic (exact) mass is 251 g/mol. The minimum absolute atomic E-state index is 0.299. The minimum atomic E-state index is -1.66. The first-order valence-corrected chi connectivity index (χ1v) is 12.3. The summed E-state index contributed by atoms with van der Waals surface area (Å²) in [5, 5.41) is 9.36. The zero-order chi connectivity index (χ0) is 13.0. The zero-order valence-corrected chi connectivity index (χ0v) is 13.4. The average Bonchev–Trinajstić information content (AvgIpc) is 2.16. The maximum atomic E-state index is 9.06. The highest BCUT2D eigenvalue weighted by molar-refractivity contribution is 7.44. The van der Waals surface area contributed by atoms with Crippen LogP contribution in [0.2, 0.25) is 30.2 Å². The predicted octanol–water partition coefficient (Wildman–Crippen LogP) is 4.46. The van der Waals surface area contributed by atoms with Crippen LogP contribution in [0.3, 0.4) is 0 Å². The van der Waals surface area contributed by atoms with Crippen molar-refractivity contribution in [1.29, 1.82) is 5.26 Å². The first-order chi connectivity index (χ1) is 7.18. The van der Waals surface area contributed by atoms with Crippen molar-refractivity contribution in [1.82, 2.24) is 0 Å². The average molecular weight is 252 g/mol. The van der Waals surface area contributed by atoms with Gasteiger partial charge in [0.1, 0.15) is 0 Å². The Hall–Kier alpha value is -0.596. The molecule has 0 rings (SSSR count). The molecule has 0 spiro atoms. The van der Waals surface area contributed by atoms with E-state index in [9.17, 15) is 0 Å². The van der Waals surface area contributed by atoms with Crippen LogP contribution in [-0.4, -0.2) is 15.2 Å². The molecule has 0 aromatic carbocycles. The fourth-order valence-corrected chi connectivity index (χ4v) is 16.8.